The molecule has 6 atom stereocenters. The Morgan fingerprint density at radius 3 is 2.34 bits per heavy atom. The fourth-order valence-electron chi connectivity index (χ4n) is 3.31. The summed E-state index contributed by atoms with van der Waals surface area (Å²) in [4.78, 5) is 46.1. The van der Waals surface area contributed by atoms with Crippen molar-refractivity contribution < 1.29 is 70.2 Å². The van der Waals surface area contributed by atoms with E-state index in [1.54, 1.807) is 0 Å². The zero-order chi connectivity index (χ0) is 33.3. The highest BCUT2D eigenvalue weighted by Crippen LogP contribution is 2.79. The van der Waals surface area contributed by atoms with Gasteiger partial charge in [0, 0.05) is 18.1 Å². The van der Waals surface area contributed by atoms with Crippen LogP contribution in [0.5, 0.6) is 0 Å². The van der Waals surface area contributed by atoms with Gasteiger partial charge in [-0.3, -0.25) is 13.7 Å². The zero-order valence-electron chi connectivity index (χ0n) is 21.8. The van der Waals surface area contributed by atoms with Crippen LogP contribution in [-0.4, -0.2) is 114 Å². The van der Waals surface area contributed by atoms with Crippen LogP contribution in [0.1, 0.15) is 12.6 Å². The normalized spacial score (nSPS) is 24.4. The van der Waals surface area contributed by atoms with Crippen molar-refractivity contribution in [2.75, 3.05) is 36.2 Å². The average Bonchev–Trinajstić information content (AvgIpc) is 3.41. The Bertz CT molecular complexity index is 1480. The van der Waals surface area contributed by atoms with Crippen molar-refractivity contribution in [1.29, 1.82) is 0 Å². The first kappa shape index (κ1) is 38.1. The Kier molecular flexibility index (Phi) is 12.5. The van der Waals surface area contributed by atoms with Crippen molar-refractivity contribution in [3.8, 4) is 0 Å². The molecule has 0 amide bonds. The molecular formula is C16H24Cl2F3N6O12P3S2. The van der Waals surface area contributed by atoms with Crippen LogP contribution >= 0.6 is 69.7 Å². The summed E-state index contributed by atoms with van der Waals surface area (Å²) >= 11 is 12.6. The number of alkyl halides is 5. The lowest BCUT2D eigenvalue weighted by molar-refractivity contribution is -0.129. The highest BCUT2D eigenvalue weighted by atomic mass is 35.5. The Labute approximate surface area is 263 Å². The van der Waals surface area contributed by atoms with E-state index in [9.17, 15) is 46.9 Å². The number of fused-ring (bicyclic) bond motifs is 1. The van der Waals surface area contributed by atoms with E-state index in [-0.39, 0.29) is 22.1 Å². The number of hydrogen-bond acceptors (Lipinski definition) is 15. The lowest BCUT2D eigenvalue weighted by Gasteiger charge is -2.26. The highest BCUT2D eigenvalue weighted by molar-refractivity contribution is 7.99. The second-order valence-electron chi connectivity index (χ2n) is 8.66. The molecule has 1 aliphatic rings. The van der Waals surface area contributed by atoms with Gasteiger partial charge in [0.2, 0.25) is 0 Å². The molecule has 2 aromatic heterocycles. The average molecular weight is 777 g/mol. The van der Waals surface area contributed by atoms with Crippen LogP contribution in [0.15, 0.2) is 5.16 Å². The summed E-state index contributed by atoms with van der Waals surface area (Å²) in [6.07, 6.45) is -10.7. The number of nitrogens with zero attached hydrogens (tertiary/aromatic N) is 5. The summed E-state index contributed by atoms with van der Waals surface area (Å²) in [5.74, 6) is 0.303. The molecule has 0 saturated carbocycles. The van der Waals surface area contributed by atoms with E-state index >= 15 is 0 Å². The van der Waals surface area contributed by atoms with Gasteiger partial charge in [-0.2, -0.15) is 29.6 Å². The van der Waals surface area contributed by atoms with Crippen molar-refractivity contribution in [3.05, 3.63) is 0 Å². The van der Waals surface area contributed by atoms with Crippen molar-refractivity contribution in [2.45, 2.75) is 46.1 Å². The van der Waals surface area contributed by atoms with Gasteiger partial charge in [0.15, 0.2) is 28.4 Å². The molecule has 28 heteroatoms. The summed E-state index contributed by atoms with van der Waals surface area (Å²) < 4.78 is 84.7. The lowest BCUT2D eigenvalue weighted by Crippen LogP contribution is -2.33. The summed E-state index contributed by atoms with van der Waals surface area (Å²) in [6, 6.07) is 0. The predicted octanol–water partition coefficient (Wildman–Crippen LogP) is 2.25. The topological polar surface area (TPSA) is 269 Å². The van der Waals surface area contributed by atoms with Crippen LogP contribution in [0.3, 0.4) is 0 Å². The van der Waals surface area contributed by atoms with E-state index in [4.69, 9.17) is 37.7 Å². The number of thioether (sulfide) groups is 2. The molecule has 0 spiro atoms. The highest BCUT2D eigenvalue weighted by Gasteiger charge is 2.62. The fourth-order valence-corrected chi connectivity index (χ4v) is 8.68. The maximum atomic E-state index is 12.7. The molecule has 1 saturated heterocycles. The number of ether oxygens (including phenoxy) is 1. The minimum Gasteiger partial charge on any atom is -0.387 e. The van der Waals surface area contributed by atoms with Gasteiger partial charge >= 0.3 is 33.0 Å². The first-order valence-corrected chi connectivity index (χ1v) is 19.4. The molecule has 0 aliphatic carbocycles. The molecule has 18 nitrogen and oxygen atoms in total. The molecule has 3 unspecified atom stereocenters. The number of hydrogen-bond donors (Lipinski definition) is 7. The molecule has 7 N–H and O–H groups in total. The smallest absolute Gasteiger partial charge is 0.387 e. The minimum atomic E-state index is -5.98. The Morgan fingerprint density at radius 1 is 1.09 bits per heavy atom. The molecule has 1 fully saturated rings. The largest absolute Gasteiger partial charge is 0.479 e. The van der Waals surface area contributed by atoms with Gasteiger partial charge in [-0.15, -0.1) is 5.10 Å². The molecular weight excluding hydrogens is 753 g/mol. The molecule has 252 valence electrons. The van der Waals surface area contributed by atoms with Crippen molar-refractivity contribution in [2.24, 2.45) is 0 Å². The number of halogens is 5. The molecule has 3 heterocycles. The van der Waals surface area contributed by atoms with Crippen LogP contribution in [-0.2, 0) is 27.3 Å². The van der Waals surface area contributed by atoms with Crippen LogP contribution < -0.4 is 5.32 Å². The molecule has 3 rings (SSSR count). The van der Waals surface area contributed by atoms with Gasteiger partial charge < -0.3 is 39.8 Å². The lowest BCUT2D eigenvalue weighted by atomic mass is 10.1. The van der Waals surface area contributed by atoms with Crippen LogP contribution in [0.4, 0.5) is 19.0 Å². The maximum absolute atomic E-state index is 12.7. The molecule has 0 bridgehead atoms. The number of phosphoric ester groups is 1. The first-order chi connectivity index (χ1) is 20.1. The first-order valence-electron chi connectivity index (χ1n) is 11.6. The van der Waals surface area contributed by atoms with Gasteiger partial charge in [-0.05, 0) is 6.26 Å². The van der Waals surface area contributed by atoms with Gasteiger partial charge in [0.25, 0.3) is 0 Å². The maximum Gasteiger partial charge on any atom is 0.479 e. The molecule has 2 aromatic rings. The summed E-state index contributed by atoms with van der Waals surface area (Å²) in [7, 11) is -17.5. The van der Waals surface area contributed by atoms with Gasteiger partial charge in [-0.25, -0.2) is 18.8 Å². The minimum absolute atomic E-state index is 0.0268. The molecule has 1 aliphatic heterocycles. The van der Waals surface area contributed by atoms with Gasteiger partial charge in [-0.1, -0.05) is 40.2 Å². The SMILES string of the molecule is CSCCNc1nc(SCCC(F)(F)F)nc2c1nnn2[C@@H]1O[C@H](COP(=O)(O)OP(=O)(O)C(Cl)(Cl)P(=O)(O)O)[C@H](O)C1O. The predicted molar refractivity (Wildman–Crippen MR) is 150 cm³/mol. The number of anilines is 1. The monoisotopic (exact) mass is 776 g/mol. The number of aliphatic hydroxyl groups is 2. The van der Waals surface area contributed by atoms with Crippen LogP contribution in [0.25, 0.3) is 11.2 Å². The summed E-state index contributed by atoms with van der Waals surface area (Å²) in [5.41, 5.74) is -0.103. The van der Waals surface area contributed by atoms with Crippen molar-refractivity contribution in [3.63, 3.8) is 0 Å². The zero-order valence-corrected chi connectivity index (χ0v) is 27.6. The van der Waals surface area contributed by atoms with E-state index in [1.807, 2.05) is 6.26 Å². The van der Waals surface area contributed by atoms with E-state index in [0.29, 0.717) is 24.1 Å². The second kappa shape index (κ2) is 14.4. The van der Waals surface area contributed by atoms with E-state index in [0.717, 1.165) is 4.68 Å². The third kappa shape index (κ3) is 9.18. The second-order valence-corrected chi connectivity index (χ2v) is 18.8. The standard InChI is InChI=1S/C16H24Cl2F3N6O12P3S2/c1-43-5-3-22-11-8-12(24-14(23-11)44-4-2-15(19,20)21)27(26-25-8)13-10(29)9(28)7(38-13)6-37-42(35,36)39-41(33,34)16(17,18)40(30,31)32/h7,9-10,13,28-29H,2-6H2,1H3,(H,33,34)(H,35,36)(H,22,23,24)(H2,30,31,32)/t7-,9+,10?,13-/m1/s1. The third-order valence-electron chi connectivity index (χ3n) is 5.40. The van der Waals surface area contributed by atoms with Crippen LogP contribution in [0.2, 0.25) is 0 Å². The summed E-state index contributed by atoms with van der Waals surface area (Å²) in [5, 5.41) is 31.7. The van der Waals surface area contributed by atoms with E-state index in [1.165, 1.54) is 11.8 Å². The molecule has 44 heavy (non-hydrogen) atoms. The quantitative estimate of drug-likeness (QED) is 0.0449. The third-order valence-corrected chi connectivity index (χ3v) is 14.6. The number of rotatable bonds is 15. The van der Waals surface area contributed by atoms with Gasteiger partial charge in [0.05, 0.1) is 13.0 Å². The number of nitrogens with one attached hydrogen (secondary N) is 1. The van der Waals surface area contributed by atoms with Crippen molar-refractivity contribution >= 4 is 86.7 Å². The fraction of sp³-hybridized carbons (Fsp3) is 0.750. The molecule has 0 radical (unpaired) electrons. The Balaban J connectivity index is 1.82. The van der Waals surface area contributed by atoms with E-state index < -0.39 is 76.3 Å². The number of aliphatic hydroxyl groups excluding tert-OH is 2. The van der Waals surface area contributed by atoms with Crippen molar-refractivity contribution in [1.82, 2.24) is 25.0 Å². The van der Waals surface area contributed by atoms with Crippen LogP contribution in [0, 0.1) is 0 Å². The number of aromatic nitrogens is 5. The van der Waals surface area contributed by atoms with Gasteiger partial charge in [0.1, 0.15) is 18.3 Å². The summed E-state index contributed by atoms with van der Waals surface area (Å²) in [6.45, 7) is -0.752. The van der Waals surface area contributed by atoms with E-state index in [2.05, 4.69) is 34.4 Å². The Morgan fingerprint density at radius 2 is 1.75 bits per heavy atom. The number of phosphoric acid groups is 1. The molecule has 0 aromatic carbocycles. The Hall–Kier alpha value is -0.320.